The first-order valence-corrected chi connectivity index (χ1v) is 9.91. The molecule has 136 valence electrons. The first kappa shape index (κ1) is 17.7. The SMILES string of the molecule is Cc1ccc(C(=O)CSc2nnc3cc(C)c4cccc(C)c4n23)cc1C. The Kier molecular flexibility index (Phi) is 4.48. The number of pyridine rings is 1. The number of aryl methyl sites for hydroxylation is 4. The number of benzene rings is 2. The number of thioether (sulfide) groups is 1. The van der Waals surface area contributed by atoms with E-state index in [1.54, 1.807) is 0 Å². The van der Waals surface area contributed by atoms with Gasteiger partial charge in [-0.05, 0) is 62.1 Å². The van der Waals surface area contributed by atoms with E-state index in [2.05, 4.69) is 53.6 Å². The third kappa shape index (κ3) is 3.12. The van der Waals surface area contributed by atoms with E-state index in [1.807, 2.05) is 31.2 Å². The van der Waals surface area contributed by atoms with Crippen LogP contribution in [0.15, 0.2) is 47.6 Å². The molecule has 4 aromatic rings. The van der Waals surface area contributed by atoms with Crippen LogP contribution in [0.1, 0.15) is 32.6 Å². The van der Waals surface area contributed by atoms with Crippen molar-refractivity contribution in [3.63, 3.8) is 0 Å². The Hall–Kier alpha value is -2.66. The van der Waals surface area contributed by atoms with Crippen LogP contribution in [0.3, 0.4) is 0 Å². The molecule has 2 aromatic carbocycles. The molecule has 2 aromatic heterocycles. The number of carbonyl (C=O) groups excluding carboxylic acids is 1. The lowest BCUT2D eigenvalue weighted by molar-refractivity contribution is 0.102. The monoisotopic (exact) mass is 375 g/mol. The van der Waals surface area contributed by atoms with Gasteiger partial charge >= 0.3 is 0 Å². The van der Waals surface area contributed by atoms with Gasteiger partial charge in [-0.1, -0.05) is 42.1 Å². The van der Waals surface area contributed by atoms with Gasteiger partial charge in [0.1, 0.15) is 0 Å². The summed E-state index contributed by atoms with van der Waals surface area (Å²) in [7, 11) is 0. The van der Waals surface area contributed by atoms with Crippen molar-refractivity contribution in [2.75, 3.05) is 5.75 Å². The lowest BCUT2D eigenvalue weighted by Gasteiger charge is -2.10. The molecule has 2 heterocycles. The van der Waals surface area contributed by atoms with Crippen LogP contribution in [0.2, 0.25) is 0 Å². The second-order valence-corrected chi connectivity index (χ2v) is 7.93. The number of fused-ring (bicyclic) bond motifs is 3. The van der Waals surface area contributed by atoms with E-state index >= 15 is 0 Å². The van der Waals surface area contributed by atoms with E-state index in [4.69, 9.17) is 0 Å². The van der Waals surface area contributed by atoms with Gasteiger partial charge < -0.3 is 0 Å². The van der Waals surface area contributed by atoms with Crippen molar-refractivity contribution in [2.24, 2.45) is 0 Å². The number of aromatic nitrogens is 3. The zero-order valence-electron chi connectivity index (χ0n) is 15.9. The van der Waals surface area contributed by atoms with Gasteiger partial charge in [0.2, 0.25) is 0 Å². The van der Waals surface area contributed by atoms with Gasteiger partial charge in [0.15, 0.2) is 16.6 Å². The summed E-state index contributed by atoms with van der Waals surface area (Å²) in [5.41, 5.74) is 7.35. The molecule has 0 unspecified atom stereocenters. The lowest BCUT2D eigenvalue weighted by atomic mass is 10.0. The average Bonchev–Trinajstić information content (AvgIpc) is 3.05. The highest BCUT2D eigenvalue weighted by Crippen LogP contribution is 2.28. The van der Waals surface area contributed by atoms with Crippen molar-refractivity contribution in [1.29, 1.82) is 0 Å². The molecule has 0 aliphatic heterocycles. The number of hydrogen-bond acceptors (Lipinski definition) is 4. The Bertz CT molecular complexity index is 1190. The zero-order valence-corrected chi connectivity index (χ0v) is 16.7. The smallest absolute Gasteiger partial charge is 0.196 e. The van der Waals surface area contributed by atoms with Gasteiger partial charge in [-0.3, -0.25) is 9.20 Å². The minimum atomic E-state index is 0.105. The van der Waals surface area contributed by atoms with Gasteiger partial charge in [0.05, 0.1) is 11.3 Å². The van der Waals surface area contributed by atoms with Gasteiger partial charge in [-0.25, -0.2) is 0 Å². The number of ketones is 1. The minimum absolute atomic E-state index is 0.105. The summed E-state index contributed by atoms with van der Waals surface area (Å²) in [5.74, 6) is 0.442. The molecule has 4 nitrogen and oxygen atoms in total. The first-order chi connectivity index (χ1) is 13.0. The number of nitrogens with zero attached hydrogens (tertiary/aromatic N) is 3. The van der Waals surface area contributed by atoms with Gasteiger partial charge in [0.25, 0.3) is 0 Å². The normalized spacial score (nSPS) is 11.4. The molecule has 0 radical (unpaired) electrons. The Balaban J connectivity index is 1.70. The summed E-state index contributed by atoms with van der Waals surface area (Å²) >= 11 is 1.44. The molecule has 0 saturated carbocycles. The van der Waals surface area contributed by atoms with Crippen molar-refractivity contribution in [1.82, 2.24) is 14.6 Å². The van der Waals surface area contributed by atoms with Crippen LogP contribution in [0.25, 0.3) is 16.6 Å². The minimum Gasteiger partial charge on any atom is -0.293 e. The van der Waals surface area contributed by atoms with Gasteiger partial charge in [-0.15, -0.1) is 10.2 Å². The van der Waals surface area contributed by atoms with Crippen LogP contribution in [0.5, 0.6) is 0 Å². The number of rotatable bonds is 4. The summed E-state index contributed by atoms with van der Waals surface area (Å²) in [5, 5.41) is 10.6. The summed E-state index contributed by atoms with van der Waals surface area (Å²) < 4.78 is 2.07. The molecule has 0 spiro atoms. The molecule has 0 fully saturated rings. The van der Waals surface area contributed by atoms with Gasteiger partial charge in [0, 0.05) is 10.9 Å². The predicted octanol–water partition coefficient (Wildman–Crippen LogP) is 5.09. The van der Waals surface area contributed by atoms with E-state index in [0.29, 0.717) is 5.75 Å². The van der Waals surface area contributed by atoms with Crippen molar-refractivity contribution in [3.05, 3.63) is 70.3 Å². The number of para-hydroxylation sites is 1. The summed E-state index contributed by atoms with van der Waals surface area (Å²) in [6, 6.07) is 14.2. The van der Waals surface area contributed by atoms with Crippen LogP contribution < -0.4 is 0 Å². The second-order valence-electron chi connectivity index (χ2n) is 6.99. The molecule has 0 N–H and O–H groups in total. The molecule has 0 bridgehead atoms. The van der Waals surface area contributed by atoms with E-state index in [-0.39, 0.29) is 5.78 Å². The molecular formula is C22H21N3OS. The molecule has 0 atom stereocenters. The van der Waals surface area contributed by atoms with E-state index in [1.165, 1.54) is 33.8 Å². The predicted molar refractivity (Wildman–Crippen MR) is 111 cm³/mol. The fourth-order valence-electron chi connectivity index (χ4n) is 3.35. The Morgan fingerprint density at radius 1 is 0.926 bits per heavy atom. The van der Waals surface area contributed by atoms with Gasteiger partial charge in [-0.2, -0.15) is 0 Å². The molecule has 27 heavy (non-hydrogen) atoms. The molecular weight excluding hydrogens is 354 g/mol. The van der Waals surface area contributed by atoms with E-state index in [0.717, 1.165) is 27.4 Å². The third-order valence-corrected chi connectivity index (χ3v) is 5.98. The maximum atomic E-state index is 12.6. The molecule has 4 rings (SSSR count). The Morgan fingerprint density at radius 3 is 2.52 bits per heavy atom. The summed E-state index contributed by atoms with van der Waals surface area (Å²) in [6.45, 7) is 8.26. The van der Waals surface area contributed by atoms with Crippen LogP contribution in [0, 0.1) is 27.7 Å². The topological polar surface area (TPSA) is 47.3 Å². The zero-order chi connectivity index (χ0) is 19.1. The molecule has 5 heteroatoms. The fourth-order valence-corrected chi connectivity index (χ4v) is 4.19. The molecule has 0 aliphatic rings. The van der Waals surface area contributed by atoms with Crippen molar-refractivity contribution >= 4 is 34.1 Å². The van der Waals surface area contributed by atoms with Crippen LogP contribution in [-0.4, -0.2) is 26.1 Å². The van der Waals surface area contributed by atoms with E-state index < -0.39 is 0 Å². The van der Waals surface area contributed by atoms with Crippen molar-refractivity contribution < 1.29 is 4.79 Å². The summed E-state index contributed by atoms with van der Waals surface area (Å²) in [4.78, 5) is 12.6. The average molecular weight is 375 g/mol. The quantitative estimate of drug-likeness (QED) is 0.368. The fraction of sp³-hybridized carbons (Fsp3) is 0.227. The van der Waals surface area contributed by atoms with Crippen LogP contribution >= 0.6 is 11.8 Å². The molecule has 0 amide bonds. The first-order valence-electron chi connectivity index (χ1n) is 8.93. The van der Waals surface area contributed by atoms with Crippen LogP contribution in [-0.2, 0) is 0 Å². The summed E-state index contributed by atoms with van der Waals surface area (Å²) in [6.07, 6.45) is 0. The maximum absolute atomic E-state index is 12.6. The standard InChI is InChI=1S/C22H21N3OS/c1-13-8-9-17(10-15(13)3)19(26)12-27-22-24-23-20-11-16(4)18-7-5-6-14(2)21(18)25(20)22/h5-11H,12H2,1-4H3. The number of Topliss-reactive ketones (excluding diaryl/α,β-unsaturated/α-hetero) is 1. The molecule has 0 aliphatic carbocycles. The van der Waals surface area contributed by atoms with E-state index in [9.17, 15) is 4.79 Å². The van der Waals surface area contributed by atoms with Crippen molar-refractivity contribution in [3.8, 4) is 0 Å². The largest absolute Gasteiger partial charge is 0.293 e. The Labute approximate surface area is 162 Å². The highest BCUT2D eigenvalue weighted by atomic mass is 32.2. The maximum Gasteiger partial charge on any atom is 0.196 e. The number of hydrogen-bond donors (Lipinski definition) is 0. The highest BCUT2D eigenvalue weighted by molar-refractivity contribution is 7.99. The van der Waals surface area contributed by atoms with Crippen LogP contribution in [0.4, 0.5) is 0 Å². The second kappa shape index (κ2) is 6.82. The Morgan fingerprint density at radius 2 is 1.74 bits per heavy atom. The lowest BCUT2D eigenvalue weighted by Crippen LogP contribution is -2.04. The highest BCUT2D eigenvalue weighted by Gasteiger charge is 2.15. The number of carbonyl (C=O) groups is 1. The third-order valence-electron chi connectivity index (χ3n) is 5.05. The van der Waals surface area contributed by atoms with Crippen molar-refractivity contribution in [2.45, 2.75) is 32.9 Å². The molecule has 0 saturated heterocycles.